The summed E-state index contributed by atoms with van der Waals surface area (Å²) in [5.74, 6) is -0.0497. The van der Waals surface area contributed by atoms with Crippen LogP contribution in [0.2, 0.25) is 0 Å². The van der Waals surface area contributed by atoms with Crippen molar-refractivity contribution in [2.45, 2.75) is 40.2 Å². The summed E-state index contributed by atoms with van der Waals surface area (Å²) in [5, 5.41) is 3.14. The van der Waals surface area contributed by atoms with Crippen LogP contribution in [0.25, 0.3) is 0 Å². The number of benzene rings is 1. The van der Waals surface area contributed by atoms with E-state index in [4.69, 9.17) is 0 Å². The molecule has 0 fully saturated rings. The number of hydrogen-bond acceptors (Lipinski definition) is 3. The molecule has 2 rings (SSSR count). The molecule has 4 heteroatoms. The highest BCUT2D eigenvalue weighted by molar-refractivity contribution is 6.01. The molecule has 0 bridgehead atoms. The first kappa shape index (κ1) is 21.4. The molecule has 1 amide bonds. The van der Waals surface area contributed by atoms with Gasteiger partial charge in [0, 0.05) is 26.0 Å². The van der Waals surface area contributed by atoms with Gasteiger partial charge in [-0.05, 0) is 63.5 Å². The number of nitrogens with zero attached hydrogens (tertiary/aromatic N) is 2. The number of likely N-dealkylation sites (N-methyl/N-ethyl adjacent to an activating group) is 1. The molecule has 1 N–H and O–H groups in total. The molecule has 1 aliphatic heterocycles. The lowest BCUT2D eigenvalue weighted by Gasteiger charge is -2.26. The Balaban J connectivity index is 2.20. The highest BCUT2D eigenvalue weighted by Crippen LogP contribution is 2.29. The van der Waals surface area contributed by atoms with Gasteiger partial charge >= 0.3 is 0 Å². The Bertz CT molecular complexity index is 887. The lowest BCUT2D eigenvalue weighted by molar-refractivity contribution is 0.0945. The zero-order valence-corrected chi connectivity index (χ0v) is 17.8. The molecule has 1 heterocycles. The topological polar surface area (TPSA) is 44.7 Å². The zero-order valence-electron chi connectivity index (χ0n) is 17.8. The van der Waals surface area contributed by atoms with Crippen LogP contribution in [0.15, 0.2) is 70.4 Å². The quantitative estimate of drug-likeness (QED) is 0.580. The van der Waals surface area contributed by atoms with Crippen molar-refractivity contribution >= 4 is 17.8 Å². The van der Waals surface area contributed by atoms with Crippen LogP contribution in [-0.4, -0.2) is 32.3 Å². The Hall–Kier alpha value is -2.88. The monoisotopic (exact) mass is 377 g/mol. The minimum absolute atomic E-state index is 0.0497. The van der Waals surface area contributed by atoms with Gasteiger partial charge in [-0.25, -0.2) is 0 Å². The minimum atomic E-state index is -0.140. The number of carbonyl (C=O) groups is 1. The van der Waals surface area contributed by atoms with Gasteiger partial charge in [0.15, 0.2) is 0 Å². The molecule has 0 aliphatic carbocycles. The van der Waals surface area contributed by atoms with Crippen LogP contribution in [0.1, 0.15) is 43.1 Å². The van der Waals surface area contributed by atoms with Gasteiger partial charge in [0.1, 0.15) is 0 Å². The minimum Gasteiger partial charge on any atom is -0.346 e. The standard InChI is InChI=1S/C24H31N3O/c1-16-9-11-23-21(14-16)24(28)26-22(20(5)27(23)7)15-17(2)8-10-18(3)19(4)12-13-25-6/h8-14,22H,5,15H2,1-4,6-7H3,(H,26,28)/b17-8+,18-10+,19-12+,25-13?. The number of rotatable bonds is 5. The maximum atomic E-state index is 12.8. The van der Waals surface area contributed by atoms with Gasteiger partial charge in [-0.15, -0.1) is 0 Å². The van der Waals surface area contributed by atoms with E-state index in [0.717, 1.165) is 16.9 Å². The summed E-state index contributed by atoms with van der Waals surface area (Å²) in [6, 6.07) is 5.80. The number of amides is 1. The predicted molar refractivity (Wildman–Crippen MR) is 120 cm³/mol. The number of nitrogens with one attached hydrogen (secondary N) is 1. The van der Waals surface area contributed by atoms with E-state index >= 15 is 0 Å². The normalized spacial score (nSPS) is 19.0. The Morgan fingerprint density at radius 2 is 1.89 bits per heavy atom. The van der Waals surface area contributed by atoms with Gasteiger partial charge in [-0.2, -0.15) is 0 Å². The van der Waals surface area contributed by atoms with Crippen LogP contribution in [-0.2, 0) is 0 Å². The van der Waals surface area contributed by atoms with E-state index in [2.05, 4.69) is 49.8 Å². The summed E-state index contributed by atoms with van der Waals surface area (Å²) in [5.41, 5.74) is 7.08. The summed E-state index contributed by atoms with van der Waals surface area (Å²) in [4.78, 5) is 18.8. The number of allylic oxidation sites excluding steroid dienone is 5. The number of carbonyl (C=O) groups excluding carboxylic acids is 1. The third-order valence-corrected chi connectivity index (χ3v) is 5.14. The molecule has 1 aromatic carbocycles. The Labute approximate surface area is 169 Å². The first-order valence-electron chi connectivity index (χ1n) is 9.52. The molecule has 4 nitrogen and oxygen atoms in total. The van der Waals surface area contributed by atoms with Crippen molar-refractivity contribution < 1.29 is 4.79 Å². The van der Waals surface area contributed by atoms with Crippen molar-refractivity contribution in [3.8, 4) is 0 Å². The highest BCUT2D eigenvalue weighted by atomic mass is 16.1. The molecular weight excluding hydrogens is 346 g/mol. The van der Waals surface area contributed by atoms with E-state index in [1.807, 2.05) is 43.1 Å². The van der Waals surface area contributed by atoms with Crippen molar-refractivity contribution in [1.82, 2.24) is 5.32 Å². The van der Waals surface area contributed by atoms with E-state index in [1.165, 1.54) is 16.7 Å². The van der Waals surface area contributed by atoms with Gasteiger partial charge in [0.05, 0.1) is 17.3 Å². The molecule has 148 valence electrons. The van der Waals surface area contributed by atoms with Gasteiger partial charge in [0.2, 0.25) is 0 Å². The third-order valence-electron chi connectivity index (χ3n) is 5.14. The molecule has 0 spiro atoms. The van der Waals surface area contributed by atoms with Crippen LogP contribution in [0.5, 0.6) is 0 Å². The molecule has 0 radical (unpaired) electrons. The van der Waals surface area contributed by atoms with E-state index in [0.29, 0.717) is 12.0 Å². The summed E-state index contributed by atoms with van der Waals surface area (Å²) in [6.45, 7) is 12.5. The molecule has 1 aliphatic rings. The van der Waals surface area contributed by atoms with Crippen LogP contribution < -0.4 is 10.2 Å². The molecule has 28 heavy (non-hydrogen) atoms. The molecule has 0 saturated heterocycles. The highest BCUT2D eigenvalue weighted by Gasteiger charge is 2.27. The largest absolute Gasteiger partial charge is 0.346 e. The van der Waals surface area contributed by atoms with Gasteiger partial charge < -0.3 is 10.2 Å². The van der Waals surface area contributed by atoms with Crippen LogP contribution in [0.4, 0.5) is 5.69 Å². The second-order valence-electron chi connectivity index (χ2n) is 7.42. The van der Waals surface area contributed by atoms with Crippen molar-refractivity contribution in [2.24, 2.45) is 4.99 Å². The van der Waals surface area contributed by atoms with Crippen LogP contribution >= 0.6 is 0 Å². The maximum absolute atomic E-state index is 12.8. The van der Waals surface area contributed by atoms with Crippen LogP contribution in [0, 0.1) is 6.92 Å². The van der Waals surface area contributed by atoms with Gasteiger partial charge in [-0.3, -0.25) is 9.79 Å². The Kier molecular flexibility index (Phi) is 7.16. The third kappa shape index (κ3) is 5.10. The smallest absolute Gasteiger partial charge is 0.253 e. The lowest BCUT2D eigenvalue weighted by Crippen LogP contribution is -2.37. The van der Waals surface area contributed by atoms with E-state index < -0.39 is 0 Å². The van der Waals surface area contributed by atoms with E-state index in [9.17, 15) is 4.79 Å². The molecule has 1 atom stereocenters. The van der Waals surface area contributed by atoms with E-state index in [1.54, 1.807) is 13.3 Å². The number of hydrogen-bond donors (Lipinski definition) is 1. The fraction of sp³-hybridized carbons (Fsp3) is 0.333. The Morgan fingerprint density at radius 1 is 1.21 bits per heavy atom. The zero-order chi connectivity index (χ0) is 20.8. The maximum Gasteiger partial charge on any atom is 0.253 e. The number of aryl methyl sites for hydroxylation is 1. The molecule has 1 unspecified atom stereocenters. The van der Waals surface area contributed by atoms with E-state index in [-0.39, 0.29) is 11.9 Å². The molecule has 0 aromatic heterocycles. The van der Waals surface area contributed by atoms with Crippen LogP contribution in [0.3, 0.4) is 0 Å². The average molecular weight is 378 g/mol. The van der Waals surface area contributed by atoms with Crippen molar-refractivity contribution in [2.75, 3.05) is 19.0 Å². The van der Waals surface area contributed by atoms with Crippen molar-refractivity contribution in [3.63, 3.8) is 0 Å². The SMILES string of the molecule is C=C1C(C/C(C)=C/C=C(C)/C(C)=C/C=NC)NC(=O)c2cc(C)ccc2N1C. The average Bonchev–Trinajstić information content (AvgIpc) is 2.75. The summed E-state index contributed by atoms with van der Waals surface area (Å²) >= 11 is 0. The molecular formula is C24H31N3O. The predicted octanol–water partition coefficient (Wildman–Crippen LogP) is 4.99. The fourth-order valence-corrected chi connectivity index (χ4v) is 3.11. The first-order chi connectivity index (χ1) is 13.2. The summed E-state index contributed by atoms with van der Waals surface area (Å²) in [6.07, 6.45) is 8.72. The summed E-state index contributed by atoms with van der Waals surface area (Å²) in [7, 11) is 3.73. The lowest BCUT2D eigenvalue weighted by atomic mass is 10.0. The molecule has 1 aromatic rings. The van der Waals surface area contributed by atoms with Crippen molar-refractivity contribution in [3.05, 3.63) is 76.5 Å². The number of anilines is 1. The Morgan fingerprint density at radius 3 is 2.57 bits per heavy atom. The number of aliphatic imine (C=N–C) groups is 1. The second kappa shape index (κ2) is 9.36. The van der Waals surface area contributed by atoms with Gasteiger partial charge in [0.25, 0.3) is 5.91 Å². The number of fused-ring (bicyclic) bond motifs is 1. The van der Waals surface area contributed by atoms with Crippen molar-refractivity contribution in [1.29, 1.82) is 0 Å². The molecule has 0 saturated carbocycles. The van der Waals surface area contributed by atoms with Gasteiger partial charge in [-0.1, -0.05) is 35.9 Å². The first-order valence-corrected chi connectivity index (χ1v) is 9.52. The second-order valence-corrected chi connectivity index (χ2v) is 7.42. The summed E-state index contributed by atoms with van der Waals surface area (Å²) < 4.78 is 0. The fourth-order valence-electron chi connectivity index (χ4n) is 3.11.